The predicted molar refractivity (Wildman–Crippen MR) is 81.8 cm³/mol. The van der Waals surface area contributed by atoms with Gasteiger partial charge in [0.15, 0.2) is 0 Å². The molecule has 3 aromatic carbocycles. The van der Waals surface area contributed by atoms with Crippen molar-refractivity contribution in [3.05, 3.63) is 71.8 Å². The van der Waals surface area contributed by atoms with Crippen LogP contribution in [0.4, 0.5) is 0 Å². The van der Waals surface area contributed by atoms with Crippen LogP contribution in [0.1, 0.15) is 15.9 Å². The number of ether oxygens (including phenoxy) is 1. The first-order chi connectivity index (χ1) is 10.1. The molecule has 0 atom stereocenters. The molecule has 21 heavy (non-hydrogen) atoms. The Bertz CT molecular complexity index is 807. The molecule has 0 fully saturated rings. The quantitative estimate of drug-likeness (QED) is 0.567. The number of aromatic hydroxyl groups is 1. The minimum atomic E-state index is -0.378. The molecule has 0 aliphatic rings. The zero-order valence-electron chi connectivity index (χ0n) is 11.5. The van der Waals surface area contributed by atoms with Crippen molar-refractivity contribution in [2.75, 3.05) is 0 Å². The van der Waals surface area contributed by atoms with Gasteiger partial charge in [0.25, 0.3) is 0 Å². The summed E-state index contributed by atoms with van der Waals surface area (Å²) in [6.07, 6.45) is 0. The summed E-state index contributed by atoms with van der Waals surface area (Å²) in [7, 11) is 0. The van der Waals surface area contributed by atoms with Crippen molar-refractivity contribution < 1.29 is 14.6 Å². The molecule has 3 heteroatoms. The van der Waals surface area contributed by atoms with Crippen LogP contribution in [0.3, 0.4) is 0 Å². The summed E-state index contributed by atoms with van der Waals surface area (Å²) in [6.45, 7) is 1.87. The second kappa shape index (κ2) is 5.29. The van der Waals surface area contributed by atoms with E-state index in [1.165, 1.54) is 0 Å². The van der Waals surface area contributed by atoms with Gasteiger partial charge in [-0.25, -0.2) is 4.79 Å². The lowest BCUT2D eigenvalue weighted by Gasteiger charge is -2.09. The number of hydrogen-bond acceptors (Lipinski definition) is 3. The van der Waals surface area contributed by atoms with Crippen LogP contribution in [0.2, 0.25) is 0 Å². The largest absolute Gasteiger partial charge is 0.508 e. The maximum Gasteiger partial charge on any atom is 0.343 e. The smallest absolute Gasteiger partial charge is 0.343 e. The van der Waals surface area contributed by atoms with Crippen LogP contribution in [0.5, 0.6) is 11.5 Å². The van der Waals surface area contributed by atoms with E-state index in [0.29, 0.717) is 11.3 Å². The van der Waals surface area contributed by atoms with Gasteiger partial charge >= 0.3 is 5.97 Å². The van der Waals surface area contributed by atoms with Gasteiger partial charge in [0.1, 0.15) is 11.5 Å². The SMILES string of the molecule is Cc1cc2cc(O)ccc2cc1OC(=O)c1ccccc1. The lowest BCUT2D eigenvalue weighted by molar-refractivity contribution is 0.0734. The van der Waals surface area contributed by atoms with Crippen LogP contribution in [-0.2, 0) is 0 Å². The third-order valence-electron chi connectivity index (χ3n) is 3.33. The van der Waals surface area contributed by atoms with Gasteiger partial charge in [-0.2, -0.15) is 0 Å². The highest BCUT2D eigenvalue weighted by Gasteiger charge is 2.10. The third kappa shape index (κ3) is 2.72. The van der Waals surface area contributed by atoms with Crippen molar-refractivity contribution in [1.29, 1.82) is 0 Å². The van der Waals surface area contributed by atoms with Gasteiger partial charge in [0.2, 0.25) is 0 Å². The normalized spacial score (nSPS) is 10.5. The fourth-order valence-electron chi connectivity index (χ4n) is 2.22. The van der Waals surface area contributed by atoms with E-state index in [4.69, 9.17) is 4.74 Å². The maximum atomic E-state index is 12.1. The molecule has 0 radical (unpaired) electrons. The number of benzene rings is 3. The predicted octanol–water partition coefficient (Wildman–Crippen LogP) is 4.07. The Balaban J connectivity index is 1.95. The Hall–Kier alpha value is -2.81. The van der Waals surface area contributed by atoms with Crippen molar-refractivity contribution in [1.82, 2.24) is 0 Å². The number of carbonyl (C=O) groups is 1. The van der Waals surface area contributed by atoms with Gasteiger partial charge < -0.3 is 9.84 Å². The number of carbonyl (C=O) groups excluding carboxylic acids is 1. The molecule has 104 valence electrons. The summed E-state index contributed by atoms with van der Waals surface area (Å²) in [5.41, 5.74) is 1.36. The number of aryl methyl sites for hydroxylation is 1. The highest BCUT2D eigenvalue weighted by atomic mass is 16.5. The summed E-state index contributed by atoms with van der Waals surface area (Å²) >= 11 is 0. The molecule has 3 aromatic rings. The average molecular weight is 278 g/mol. The number of rotatable bonds is 2. The minimum Gasteiger partial charge on any atom is -0.508 e. The summed E-state index contributed by atoms with van der Waals surface area (Å²) in [5, 5.41) is 11.3. The number of phenols is 1. The van der Waals surface area contributed by atoms with E-state index in [2.05, 4.69) is 0 Å². The van der Waals surface area contributed by atoms with Gasteiger partial charge in [0, 0.05) is 0 Å². The van der Waals surface area contributed by atoms with E-state index in [1.54, 1.807) is 42.5 Å². The molecule has 3 nitrogen and oxygen atoms in total. The lowest BCUT2D eigenvalue weighted by atomic mass is 10.1. The number of phenolic OH excluding ortho intramolecular Hbond substituents is 1. The molecule has 0 spiro atoms. The van der Waals surface area contributed by atoms with Gasteiger partial charge in [0.05, 0.1) is 5.56 Å². The molecule has 3 rings (SSSR count). The van der Waals surface area contributed by atoms with E-state index in [0.717, 1.165) is 16.3 Å². The summed E-state index contributed by atoms with van der Waals surface area (Å²) < 4.78 is 5.47. The molecule has 0 amide bonds. The van der Waals surface area contributed by atoms with E-state index in [1.807, 2.05) is 25.1 Å². The topological polar surface area (TPSA) is 46.5 Å². The summed E-state index contributed by atoms with van der Waals surface area (Å²) in [4.78, 5) is 12.1. The number of fused-ring (bicyclic) bond motifs is 1. The van der Waals surface area contributed by atoms with Crippen molar-refractivity contribution in [3.8, 4) is 11.5 Å². The van der Waals surface area contributed by atoms with E-state index in [-0.39, 0.29) is 11.7 Å². The summed E-state index contributed by atoms with van der Waals surface area (Å²) in [5.74, 6) is 0.370. The summed E-state index contributed by atoms with van der Waals surface area (Å²) in [6, 6.07) is 17.7. The zero-order valence-corrected chi connectivity index (χ0v) is 11.5. The van der Waals surface area contributed by atoms with Crippen LogP contribution in [0.25, 0.3) is 10.8 Å². The van der Waals surface area contributed by atoms with Gasteiger partial charge in [-0.15, -0.1) is 0 Å². The van der Waals surface area contributed by atoms with E-state index in [9.17, 15) is 9.90 Å². The molecular weight excluding hydrogens is 264 g/mol. The molecule has 0 saturated carbocycles. The minimum absolute atomic E-state index is 0.218. The van der Waals surface area contributed by atoms with E-state index < -0.39 is 0 Å². The Morgan fingerprint density at radius 1 is 0.952 bits per heavy atom. The molecule has 0 heterocycles. The van der Waals surface area contributed by atoms with Crippen LogP contribution >= 0.6 is 0 Å². The first kappa shape index (κ1) is 13.2. The molecule has 0 aliphatic carbocycles. The second-order valence-electron chi connectivity index (χ2n) is 4.90. The van der Waals surface area contributed by atoms with Crippen molar-refractivity contribution in [3.63, 3.8) is 0 Å². The molecule has 0 aromatic heterocycles. The Labute approximate surface area is 122 Å². The molecule has 1 N–H and O–H groups in total. The highest BCUT2D eigenvalue weighted by molar-refractivity contribution is 5.92. The fourth-order valence-corrected chi connectivity index (χ4v) is 2.22. The van der Waals surface area contributed by atoms with Crippen molar-refractivity contribution in [2.24, 2.45) is 0 Å². The Morgan fingerprint density at radius 2 is 1.71 bits per heavy atom. The Morgan fingerprint density at radius 3 is 2.48 bits per heavy atom. The van der Waals surface area contributed by atoms with Gasteiger partial charge in [-0.1, -0.05) is 24.3 Å². The molecule has 0 unspecified atom stereocenters. The van der Waals surface area contributed by atoms with E-state index >= 15 is 0 Å². The highest BCUT2D eigenvalue weighted by Crippen LogP contribution is 2.28. The standard InChI is InChI=1S/C18H14O3/c1-12-9-15-10-16(19)8-7-14(15)11-17(12)21-18(20)13-5-3-2-4-6-13/h2-11,19H,1H3. The first-order valence-corrected chi connectivity index (χ1v) is 6.64. The van der Waals surface area contributed by atoms with Crippen LogP contribution in [0.15, 0.2) is 60.7 Å². The van der Waals surface area contributed by atoms with Crippen LogP contribution < -0.4 is 4.74 Å². The van der Waals surface area contributed by atoms with Crippen LogP contribution in [0, 0.1) is 6.92 Å². The zero-order chi connectivity index (χ0) is 14.8. The molecule has 0 aliphatic heterocycles. The molecule has 0 bridgehead atoms. The van der Waals surface area contributed by atoms with Crippen LogP contribution in [-0.4, -0.2) is 11.1 Å². The van der Waals surface area contributed by atoms with Gasteiger partial charge in [-0.05, 0) is 59.7 Å². The monoisotopic (exact) mass is 278 g/mol. The van der Waals surface area contributed by atoms with Crippen molar-refractivity contribution in [2.45, 2.75) is 6.92 Å². The molecular formula is C18H14O3. The Kier molecular flexibility index (Phi) is 3.32. The average Bonchev–Trinajstić information content (AvgIpc) is 2.49. The lowest BCUT2D eigenvalue weighted by Crippen LogP contribution is -2.09. The second-order valence-corrected chi connectivity index (χ2v) is 4.90. The fraction of sp³-hybridized carbons (Fsp3) is 0.0556. The number of esters is 1. The third-order valence-corrected chi connectivity index (χ3v) is 3.33. The number of hydrogen-bond donors (Lipinski definition) is 1. The maximum absolute atomic E-state index is 12.1. The first-order valence-electron chi connectivity index (χ1n) is 6.64. The van der Waals surface area contributed by atoms with Crippen molar-refractivity contribution >= 4 is 16.7 Å². The van der Waals surface area contributed by atoms with Gasteiger partial charge in [-0.3, -0.25) is 0 Å². The molecule has 0 saturated heterocycles.